The van der Waals surface area contributed by atoms with Gasteiger partial charge in [-0.05, 0) is 79.6 Å². The van der Waals surface area contributed by atoms with Crippen LogP contribution in [0.3, 0.4) is 0 Å². The number of hydrogen-bond donors (Lipinski definition) is 0. The van der Waals surface area contributed by atoms with Crippen LogP contribution in [0.5, 0.6) is 0 Å². The Morgan fingerprint density at radius 1 is 1.11 bits per heavy atom. The summed E-state index contributed by atoms with van der Waals surface area (Å²) >= 11 is 13.7. The van der Waals surface area contributed by atoms with Crippen molar-refractivity contribution in [3.05, 3.63) is 58.0 Å². The molecule has 0 saturated carbocycles. The van der Waals surface area contributed by atoms with Crippen LogP contribution < -0.4 is 0 Å². The van der Waals surface area contributed by atoms with E-state index in [9.17, 15) is 9.18 Å². The van der Waals surface area contributed by atoms with E-state index in [0.717, 1.165) is 19.3 Å². The van der Waals surface area contributed by atoms with Crippen LogP contribution in [0, 0.1) is 5.82 Å². The molecule has 184 valence electrons. The van der Waals surface area contributed by atoms with E-state index in [2.05, 4.69) is 20.4 Å². The Morgan fingerprint density at radius 3 is 2.58 bits per heavy atom. The molecule has 0 aliphatic heterocycles. The van der Waals surface area contributed by atoms with Gasteiger partial charge in [0.15, 0.2) is 12.1 Å². The van der Waals surface area contributed by atoms with Crippen LogP contribution in [0.4, 0.5) is 4.39 Å². The van der Waals surface area contributed by atoms with Gasteiger partial charge in [-0.2, -0.15) is 0 Å². The van der Waals surface area contributed by atoms with Gasteiger partial charge >= 0.3 is 0 Å². The Kier molecular flexibility index (Phi) is 6.89. The number of benzene rings is 2. The lowest BCUT2D eigenvalue weighted by Crippen LogP contribution is -2.15. The molecule has 2 aromatic carbocycles. The predicted octanol–water partition coefficient (Wildman–Crippen LogP) is 4.92. The van der Waals surface area contributed by atoms with E-state index in [1.807, 2.05) is 14.1 Å². The molecule has 0 unspecified atom stereocenters. The second-order valence-corrected chi connectivity index (χ2v) is 10.1. The second kappa shape index (κ2) is 10.1. The molecule has 36 heavy (non-hydrogen) atoms. The van der Waals surface area contributed by atoms with Crippen LogP contribution in [0.25, 0.3) is 27.8 Å². The lowest BCUT2D eigenvalue weighted by molar-refractivity contribution is 0.112. The summed E-state index contributed by atoms with van der Waals surface area (Å²) in [5.41, 5.74) is 1.87. The summed E-state index contributed by atoms with van der Waals surface area (Å²) in [7, 11) is 4.00. The normalized spacial score (nSPS) is 11.7. The van der Waals surface area contributed by atoms with Gasteiger partial charge in [0.25, 0.3) is 0 Å². The molecule has 0 atom stereocenters. The Balaban J connectivity index is 1.67. The Bertz CT molecular complexity index is 1600. The van der Waals surface area contributed by atoms with Crippen LogP contribution in [0.15, 0.2) is 46.7 Å². The number of aldehydes is 1. The maximum Gasteiger partial charge on any atom is 0.215 e. The molecule has 3 aromatic heterocycles. The summed E-state index contributed by atoms with van der Waals surface area (Å²) < 4.78 is 17.6. The average Bonchev–Trinajstić information content (AvgIpc) is 3.43. The van der Waals surface area contributed by atoms with Crippen LogP contribution in [0.1, 0.15) is 16.8 Å². The minimum atomic E-state index is -0.443. The number of halogens is 3. The minimum absolute atomic E-state index is 0.326. The molecule has 0 spiro atoms. The summed E-state index contributed by atoms with van der Waals surface area (Å²) in [6.45, 7) is 1.48. The monoisotopic (exact) mass is 544 g/mol. The molecule has 0 amide bonds. The van der Waals surface area contributed by atoms with Gasteiger partial charge in [0.1, 0.15) is 10.8 Å². The molecule has 13 heteroatoms. The third-order valence-electron chi connectivity index (χ3n) is 5.47. The fourth-order valence-electron chi connectivity index (χ4n) is 3.78. The van der Waals surface area contributed by atoms with E-state index >= 15 is 0 Å². The molecule has 9 nitrogen and oxygen atoms in total. The van der Waals surface area contributed by atoms with E-state index in [1.54, 1.807) is 33.6 Å². The van der Waals surface area contributed by atoms with Gasteiger partial charge in [0, 0.05) is 23.7 Å². The van der Waals surface area contributed by atoms with E-state index < -0.39 is 5.82 Å². The molecular formula is C23H19Cl2FN8OS. The van der Waals surface area contributed by atoms with Gasteiger partial charge in [0.2, 0.25) is 5.16 Å². The van der Waals surface area contributed by atoms with E-state index in [-0.39, 0.29) is 0 Å². The van der Waals surface area contributed by atoms with Crippen molar-refractivity contribution >= 4 is 63.2 Å². The third kappa shape index (κ3) is 4.79. The quantitative estimate of drug-likeness (QED) is 0.254. The van der Waals surface area contributed by atoms with Crippen molar-refractivity contribution in [1.82, 2.24) is 39.6 Å². The fourth-order valence-corrected chi connectivity index (χ4v) is 4.96. The number of rotatable bonds is 8. The average molecular weight is 545 g/mol. The first-order valence-electron chi connectivity index (χ1n) is 10.9. The lowest BCUT2D eigenvalue weighted by Gasteiger charge is -2.12. The molecule has 3 heterocycles. The molecule has 0 bridgehead atoms. The Hall–Kier alpha value is -3.12. The van der Waals surface area contributed by atoms with Crippen molar-refractivity contribution in [3.63, 3.8) is 0 Å². The van der Waals surface area contributed by atoms with Crippen LogP contribution in [-0.2, 0) is 6.54 Å². The summed E-state index contributed by atoms with van der Waals surface area (Å²) in [5, 5.41) is 14.3. The number of carbonyl (C=O) groups is 1. The summed E-state index contributed by atoms with van der Waals surface area (Å²) in [5.74, 6) is -0.0701. The van der Waals surface area contributed by atoms with Gasteiger partial charge in [0.05, 0.1) is 26.6 Å². The van der Waals surface area contributed by atoms with Crippen LogP contribution in [-0.4, -0.2) is 66.6 Å². The zero-order chi connectivity index (χ0) is 25.4. The molecular weight excluding hydrogens is 526 g/mol. The second-order valence-electron chi connectivity index (χ2n) is 8.28. The van der Waals surface area contributed by atoms with Crippen LogP contribution in [0.2, 0.25) is 10.0 Å². The molecule has 5 aromatic rings. The predicted molar refractivity (Wildman–Crippen MR) is 137 cm³/mol. The summed E-state index contributed by atoms with van der Waals surface area (Å²) in [6, 6.07) is 7.47. The topological polar surface area (TPSA) is 94.6 Å². The highest BCUT2D eigenvalue weighted by atomic mass is 35.5. The molecule has 0 saturated heterocycles. The van der Waals surface area contributed by atoms with Crippen LogP contribution >= 0.6 is 35.0 Å². The smallest absolute Gasteiger partial charge is 0.215 e. The van der Waals surface area contributed by atoms with Gasteiger partial charge < -0.3 is 4.90 Å². The number of aryl methyl sites for hydroxylation is 1. The highest BCUT2D eigenvalue weighted by Gasteiger charge is 2.20. The molecule has 0 radical (unpaired) electrons. The van der Waals surface area contributed by atoms with E-state index in [0.29, 0.717) is 60.1 Å². The number of nitrogens with zero attached hydrogens (tertiary/aromatic N) is 8. The highest BCUT2D eigenvalue weighted by molar-refractivity contribution is 7.99. The zero-order valence-corrected chi connectivity index (χ0v) is 21.5. The summed E-state index contributed by atoms with van der Waals surface area (Å²) in [4.78, 5) is 23.4. The highest BCUT2D eigenvalue weighted by Crippen LogP contribution is 2.35. The molecule has 0 aliphatic rings. The van der Waals surface area contributed by atoms with Crippen molar-refractivity contribution < 1.29 is 9.18 Å². The van der Waals surface area contributed by atoms with Crippen molar-refractivity contribution in [2.24, 2.45) is 0 Å². The molecule has 0 N–H and O–H groups in total. The van der Waals surface area contributed by atoms with Crippen molar-refractivity contribution in [2.45, 2.75) is 23.1 Å². The zero-order valence-electron chi connectivity index (χ0n) is 19.2. The summed E-state index contributed by atoms with van der Waals surface area (Å²) in [6.07, 6.45) is 3.18. The first kappa shape index (κ1) is 24.6. The van der Waals surface area contributed by atoms with Crippen molar-refractivity contribution in [2.75, 3.05) is 20.6 Å². The van der Waals surface area contributed by atoms with E-state index in [1.165, 1.54) is 23.9 Å². The third-order valence-corrected chi connectivity index (χ3v) is 7.14. The maximum absolute atomic E-state index is 14.2. The maximum atomic E-state index is 14.2. The number of aromatic nitrogens is 7. The standard InChI is InChI=1S/C23H19Cl2FN8OS/c1-32(2)6-3-7-34-23(29-30-31-34)36-22-21(27-18-9-16(24)17(25)10-19(18)28-22)33-11-13(12-35)15-5-4-14(26)8-20(15)33/h4-5,8-12H,3,6-7H2,1-2H3. The number of fused-ring (bicyclic) bond motifs is 2. The first-order chi connectivity index (χ1) is 17.3. The van der Waals surface area contributed by atoms with Gasteiger partial charge in [-0.1, -0.05) is 23.2 Å². The van der Waals surface area contributed by atoms with Crippen molar-refractivity contribution in [1.29, 1.82) is 0 Å². The van der Waals surface area contributed by atoms with Gasteiger partial charge in [-0.15, -0.1) is 5.10 Å². The fraction of sp³-hybridized carbons (Fsp3) is 0.217. The van der Waals surface area contributed by atoms with Gasteiger partial charge in [-0.25, -0.2) is 19.0 Å². The van der Waals surface area contributed by atoms with Crippen molar-refractivity contribution in [3.8, 4) is 5.82 Å². The lowest BCUT2D eigenvalue weighted by atomic mass is 10.2. The SMILES string of the molecule is CN(C)CCCn1nnnc1Sc1nc2cc(Cl)c(Cl)cc2nc1-n1cc(C=O)c2ccc(F)cc21. The Morgan fingerprint density at radius 2 is 1.86 bits per heavy atom. The largest absolute Gasteiger partial charge is 0.309 e. The number of tetrazole rings is 1. The molecule has 0 fully saturated rings. The minimum Gasteiger partial charge on any atom is -0.309 e. The van der Waals surface area contributed by atoms with Gasteiger partial charge in [-0.3, -0.25) is 9.36 Å². The number of carbonyl (C=O) groups excluding carboxylic acids is 1. The van der Waals surface area contributed by atoms with E-state index in [4.69, 9.17) is 33.2 Å². The molecule has 0 aliphatic carbocycles. The molecule has 5 rings (SSSR count). The first-order valence-corrected chi connectivity index (χ1v) is 12.4. The number of hydrogen-bond acceptors (Lipinski definition) is 8. The Labute approximate surface area is 219 Å².